The van der Waals surface area contributed by atoms with E-state index < -0.39 is 15.9 Å². The topological polar surface area (TPSA) is 113 Å². The van der Waals surface area contributed by atoms with Crippen LogP contribution in [0, 0.1) is 0 Å². The number of hydrogen-bond donors (Lipinski definition) is 2. The standard InChI is InChI=1S/C17H15N3O5S2/c21-17(18-22)12-1-2-13-9-20(5-3-11(13)7-12)27(23,24)14-8-16(26-10-14)15-4-6-25-19-15/h1-2,4,6-8,10,22H,3,5,9H2,(H,18,21). The molecular weight excluding hydrogens is 390 g/mol. The van der Waals surface area contributed by atoms with Crippen molar-refractivity contribution in [2.75, 3.05) is 6.54 Å². The maximum absolute atomic E-state index is 13.0. The van der Waals surface area contributed by atoms with Crippen LogP contribution in [0.4, 0.5) is 0 Å². The molecule has 8 nitrogen and oxygen atoms in total. The van der Waals surface area contributed by atoms with Gasteiger partial charge in [0.2, 0.25) is 10.0 Å². The molecule has 0 unspecified atom stereocenters. The van der Waals surface area contributed by atoms with Crippen molar-refractivity contribution in [1.29, 1.82) is 0 Å². The zero-order valence-corrected chi connectivity index (χ0v) is 15.6. The highest BCUT2D eigenvalue weighted by atomic mass is 32.2. The summed E-state index contributed by atoms with van der Waals surface area (Å²) in [5.41, 5.74) is 4.27. The second-order valence-electron chi connectivity index (χ2n) is 6.04. The number of nitrogens with zero attached hydrogens (tertiary/aromatic N) is 2. The fourth-order valence-corrected chi connectivity index (χ4v) is 5.66. The minimum atomic E-state index is -3.64. The van der Waals surface area contributed by atoms with Crippen LogP contribution in [-0.4, -0.2) is 35.5 Å². The molecule has 0 saturated heterocycles. The van der Waals surface area contributed by atoms with Gasteiger partial charge in [0, 0.05) is 30.1 Å². The molecule has 0 bridgehead atoms. The largest absolute Gasteiger partial charge is 0.364 e. The van der Waals surface area contributed by atoms with E-state index in [4.69, 9.17) is 9.73 Å². The molecule has 1 aliphatic heterocycles. The first kappa shape index (κ1) is 17.9. The lowest BCUT2D eigenvalue weighted by Crippen LogP contribution is -2.36. The van der Waals surface area contributed by atoms with Gasteiger partial charge in [0.15, 0.2) is 0 Å². The van der Waals surface area contributed by atoms with Crippen molar-refractivity contribution >= 4 is 27.3 Å². The number of fused-ring (bicyclic) bond motifs is 1. The van der Waals surface area contributed by atoms with E-state index in [-0.39, 0.29) is 11.4 Å². The Hall–Kier alpha value is -2.53. The summed E-state index contributed by atoms with van der Waals surface area (Å²) in [6.45, 7) is 0.544. The van der Waals surface area contributed by atoms with Gasteiger partial charge in [-0.1, -0.05) is 11.2 Å². The maximum Gasteiger partial charge on any atom is 0.274 e. The number of amides is 1. The minimum absolute atomic E-state index is 0.227. The van der Waals surface area contributed by atoms with Gasteiger partial charge >= 0.3 is 0 Å². The summed E-state index contributed by atoms with van der Waals surface area (Å²) >= 11 is 1.29. The number of carbonyl (C=O) groups excluding carboxylic acids is 1. The number of hydroxylamine groups is 1. The van der Waals surface area contributed by atoms with E-state index in [0.717, 1.165) is 16.0 Å². The molecule has 0 saturated carbocycles. The number of rotatable bonds is 4. The third-order valence-electron chi connectivity index (χ3n) is 4.45. The number of benzene rings is 1. The monoisotopic (exact) mass is 405 g/mol. The molecule has 1 amide bonds. The molecule has 10 heteroatoms. The summed E-state index contributed by atoms with van der Waals surface area (Å²) in [5.74, 6) is -0.591. The van der Waals surface area contributed by atoms with E-state index >= 15 is 0 Å². The van der Waals surface area contributed by atoms with Crippen molar-refractivity contribution in [2.45, 2.75) is 17.9 Å². The Bertz CT molecular complexity index is 1090. The predicted molar refractivity (Wildman–Crippen MR) is 96.8 cm³/mol. The fourth-order valence-electron chi connectivity index (χ4n) is 3.02. The Balaban J connectivity index is 1.58. The highest BCUT2D eigenvalue weighted by Crippen LogP contribution is 2.32. The summed E-state index contributed by atoms with van der Waals surface area (Å²) in [6, 6.07) is 8.24. The van der Waals surface area contributed by atoms with E-state index in [1.807, 2.05) is 0 Å². The molecule has 0 atom stereocenters. The fraction of sp³-hybridized carbons (Fsp3) is 0.176. The summed E-state index contributed by atoms with van der Waals surface area (Å²) in [5, 5.41) is 14.2. The van der Waals surface area contributed by atoms with Crippen LogP contribution < -0.4 is 5.48 Å². The van der Waals surface area contributed by atoms with Gasteiger partial charge in [0.25, 0.3) is 5.91 Å². The van der Waals surface area contributed by atoms with Crippen molar-refractivity contribution in [3.63, 3.8) is 0 Å². The van der Waals surface area contributed by atoms with Crippen molar-refractivity contribution in [3.8, 4) is 10.6 Å². The van der Waals surface area contributed by atoms with Crippen LogP contribution in [0.5, 0.6) is 0 Å². The summed E-state index contributed by atoms with van der Waals surface area (Å²) < 4.78 is 32.2. The van der Waals surface area contributed by atoms with E-state index in [1.54, 1.807) is 41.2 Å². The molecule has 3 heterocycles. The van der Waals surface area contributed by atoms with Crippen LogP contribution in [0.1, 0.15) is 21.5 Å². The first-order valence-corrected chi connectivity index (χ1v) is 10.4. The molecular formula is C17H15N3O5S2. The predicted octanol–water partition coefficient (Wildman–Crippen LogP) is 2.27. The molecule has 3 aromatic rings. The Morgan fingerprint density at radius 3 is 2.85 bits per heavy atom. The second-order valence-corrected chi connectivity index (χ2v) is 8.89. The summed E-state index contributed by atoms with van der Waals surface area (Å²) in [6.07, 6.45) is 1.93. The third kappa shape index (κ3) is 3.28. The van der Waals surface area contributed by atoms with Gasteiger partial charge in [0.05, 0.1) is 9.77 Å². The number of thiophene rings is 1. The van der Waals surface area contributed by atoms with Crippen LogP contribution in [0.25, 0.3) is 10.6 Å². The lowest BCUT2D eigenvalue weighted by molar-refractivity contribution is 0.0706. The van der Waals surface area contributed by atoms with Gasteiger partial charge < -0.3 is 4.52 Å². The van der Waals surface area contributed by atoms with Crippen molar-refractivity contribution < 1.29 is 22.9 Å². The zero-order valence-electron chi connectivity index (χ0n) is 14.0. The van der Waals surface area contributed by atoms with E-state index in [2.05, 4.69) is 5.16 Å². The smallest absolute Gasteiger partial charge is 0.274 e. The second kappa shape index (κ2) is 6.89. The number of hydrogen-bond acceptors (Lipinski definition) is 7. The lowest BCUT2D eigenvalue weighted by atomic mass is 9.98. The van der Waals surface area contributed by atoms with Gasteiger partial charge in [-0.05, 0) is 35.7 Å². The summed E-state index contributed by atoms with van der Waals surface area (Å²) in [4.78, 5) is 12.5. The average molecular weight is 405 g/mol. The Labute approximate surface area is 159 Å². The maximum atomic E-state index is 13.0. The normalized spacial score (nSPS) is 14.7. The van der Waals surface area contributed by atoms with Gasteiger partial charge in [-0.25, -0.2) is 13.9 Å². The summed E-state index contributed by atoms with van der Waals surface area (Å²) in [7, 11) is -3.64. The number of aromatic nitrogens is 1. The quantitative estimate of drug-likeness (QED) is 0.509. The Kier molecular flexibility index (Phi) is 4.56. The van der Waals surface area contributed by atoms with Crippen LogP contribution >= 0.6 is 11.3 Å². The Morgan fingerprint density at radius 2 is 2.11 bits per heavy atom. The molecule has 27 heavy (non-hydrogen) atoms. The molecule has 4 rings (SSSR count). The van der Waals surface area contributed by atoms with E-state index in [1.165, 1.54) is 21.9 Å². The Morgan fingerprint density at radius 1 is 1.26 bits per heavy atom. The van der Waals surface area contributed by atoms with Gasteiger partial charge in [-0.2, -0.15) is 4.31 Å². The first-order chi connectivity index (χ1) is 13.0. The molecule has 1 aromatic carbocycles. The van der Waals surface area contributed by atoms with Gasteiger partial charge in [-0.15, -0.1) is 11.3 Å². The first-order valence-electron chi connectivity index (χ1n) is 8.05. The lowest BCUT2D eigenvalue weighted by Gasteiger charge is -2.28. The third-order valence-corrected chi connectivity index (χ3v) is 7.38. The molecule has 0 fully saturated rings. The van der Waals surface area contributed by atoms with E-state index in [9.17, 15) is 13.2 Å². The van der Waals surface area contributed by atoms with E-state index in [0.29, 0.717) is 24.2 Å². The average Bonchev–Trinajstić information content (AvgIpc) is 3.38. The SMILES string of the molecule is O=C(NO)c1ccc2c(c1)CCN(S(=O)(=O)c1csc(-c3ccon3)c1)C2. The van der Waals surface area contributed by atoms with Crippen molar-refractivity contribution in [1.82, 2.24) is 14.9 Å². The van der Waals surface area contributed by atoms with Crippen LogP contribution in [0.3, 0.4) is 0 Å². The minimum Gasteiger partial charge on any atom is -0.364 e. The highest BCUT2D eigenvalue weighted by Gasteiger charge is 2.29. The van der Waals surface area contributed by atoms with Crippen molar-refractivity contribution in [2.24, 2.45) is 0 Å². The van der Waals surface area contributed by atoms with Gasteiger partial charge in [-0.3, -0.25) is 10.0 Å². The number of carbonyl (C=O) groups is 1. The van der Waals surface area contributed by atoms with Crippen LogP contribution in [0.15, 0.2) is 51.4 Å². The number of sulfonamides is 1. The van der Waals surface area contributed by atoms with Crippen LogP contribution in [-0.2, 0) is 23.0 Å². The molecule has 2 aromatic heterocycles. The molecule has 0 spiro atoms. The molecule has 0 radical (unpaired) electrons. The zero-order chi connectivity index (χ0) is 19.0. The van der Waals surface area contributed by atoms with Gasteiger partial charge in [0.1, 0.15) is 12.0 Å². The molecule has 2 N–H and O–H groups in total. The molecule has 1 aliphatic rings. The van der Waals surface area contributed by atoms with Crippen LogP contribution in [0.2, 0.25) is 0 Å². The highest BCUT2D eigenvalue weighted by molar-refractivity contribution is 7.89. The number of nitrogens with one attached hydrogen (secondary N) is 1. The van der Waals surface area contributed by atoms with Crippen molar-refractivity contribution in [3.05, 3.63) is 58.7 Å². The molecule has 140 valence electrons. The molecule has 0 aliphatic carbocycles.